The fourth-order valence-corrected chi connectivity index (χ4v) is 2.27. The highest BCUT2D eigenvalue weighted by Crippen LogP contribution is 2.27. The minimum absolute atomic E-state index is 0.506. The highest BCUT2D eigenvalue weighted by Gasteiger charge is 2.16. The third-order valence-electron chi connectivity index (χ3n) is 2.65. The van der Waals surface area contributed by atoms with Gasteiger partial charge in [-0.05, 0) is 24.1 Å². The van der Waals surface area contributed by atoms with Gasteiger partial charge in [-0.2, -0.15) is 0 Å². The van der Waals surface area contributed by atoms with Crippen molar-refractivity contribution in [3.63, 3.8) is 0 Å². The second kappa shape index (κ2) is 5.89. The number of benzene rings is 1. The predicted octanol–water partition coefficient (Wildman–Crippen LogP) is 3.65. The Morgan fingerprint density at radius 2 is 2.38 bits per heavy atom. The first kappa shape index (κ1) is 12.2. The first-order valence-electron chi connectivity index (χ1n) is 5.34. The van der Waals surface area contributed by atoms with Crippen molar-refractivity contribution in [3.8, 4) is 5.75 Å². The summed E-state index contributed by atoms with van der Waals surface area (Å²) in [4.78, 5) is 0. The second-order valence-corrected chi connectivity index (χ2v) is 4.91. The fourth-order valence-electron chi connectivity index (χ4n) is 1.67. The molecule has 1 saturated heterocycles. The van der Waals surface area contributed by atoms with E-state index in [1.807, 2.05) is 18.2 Å². The smallest absolute Gasteiger partial charge is 0.137 e. The molecular weight excluding hydrogens is 291 g/mol. The molecule has 1 fully saturated rings. The van der Waals surface area contributed by atoms with Gasteiger partial charge in [0.25, 0.3) is 0 Å². The SMILES string of the molecule is Clc1cc(CBr)ccc1OCC1CCOC1. The molecule has 1 aromatic carbocycles. The van der Waals surface area contributed by atoms with E-state index in [-0.39, 0.29) is 0 Å². The lowest BCUT2D eigenvalue weighted by molar-refractivity contribution is 0.167. The van der Waals surface area contributed by atoms with Gasteiger partial charge in [0, 0.05) is 17.9 Å². The molecule has 2 nitrogen and oxygen atoms in total. The Morgan fingerprint density at radius 3 is 3.00 bits per heavy atom. The van der Waals surface area contributed by atoms with E-state index in [2.05, 4.69) is 15.9 Å². The Bertz CT molecular complexity index is 351. The molecule has 88 valence electrons. The standard InChI is InChI=1S/C12H14BrClO2/c13-6-9-1-2-12(11(14)5-9)16-8-10-3-4-15-7-10/h1-2,5,10H,3-4,6-8H2. The summed E-state index contributed by atoms with van der Waals surface area (Å²) in [7, 11) is 0. The number of hydrogen-bond acceptors (Lipinski definition) is 2. The van der Waals surface area contributed by atoms with Crippen LogP contribution >= 0.6 is 27.5 Å². The van der Waals surface area contributed by atoms with Crippen molar-refractivity contribution in [1.29, 1.82) is 0 Å². The highest BCUT2D eigenvalue weighted by atomic mass is 79.9. The second-order valence-electron chi connectivity index (χ2n) is 3.94. The molecule has 1 aromatic rings. The van der Waals surface area contributed by atoms with Gasteiger partial charge in [-0.15, -0.1) is 0 Å². The van der Waals surface area contributed by atoms with E-state index in [9.17, 15) is 0 Å². The predicted molar refractivity (Wildman–Crippen MR) is 68.5 cm³/mol. The lowest BCUT2D eigenvalue weighted by Gasteiger charge is -2.12. The monoisotopic (exact) mass is 304 g/mol. The molecule has 0 saturated carbocycles. The first-order chi connectivity index (χ1) is 7.79. The van der Waals surface area contributed by atoms with Gasteiger partial charge in [-0.1, -0.05) is 33.6 Å². The zero-order valence-corrected chi connectivity index (χ0v) is 11.3. The Hall–Kier alpha value is -0.250. The number of ether oxygens (including phenoxy) is 2. The minimum Gasteiger partial charge on any atom is -0.492 e. The van der Waals surface area contributed by atoms with Crippen LogP contribution in [0.2, 0.25) is 5.02 Å². The molecule has 1 heterocycles. The number of rotatable bonds is 4. The fraction of sp³-hybridized carbons (Fsp3) is 0.500. The first-order valence-corrected chi connectivity index (χ1v) is 6.84. The van der Waals surface area contributed by atoms with Crippen molar-refractivity contribution >= 4 is 27.5 Å². The van der Waals surface area contributed by atoms with Crippen LogP contribution in [-0.2, 0) is 10.1 Å². The van der Waals surface area contributed by atoms with Gasteiger partial charge in [0.1, 0.15) is 5.75 Å². The normalized spacial score (nSPS) is 20.0. The van der Waals surface area contributed by atoms with E-state index in [0.29, 0.717) is 17.5 Å². The van der Waals surface area contributed by atoms with Crippen molar-refractivity contribution in [2.24, 2.45) is 5.92 Å². The summed E-state index contributed by atoms with van der Waals surface area (Å²) in [5.41, 5.74) is 1.15. The van der Waals surface area contributed by atoms with Crippen LogP contribution in [0, 0.1) is 5.92 Å². The minimum atomic E-state index is 0.506. The highest BCUT2D eigenvalue weighted by molar-refractivity contribution is 9.08. The quantitative estimate of drug-likeness (QED) is 0.791. The Labute approximate surface area is 109 Å². The summed E-state index contributed by atoms with van der Waals surface area (Å²) in [6.07, 6.45) is 1.08. The maximum absolute atomic E-state index is 6.12. The average molecular weight is 306 g/mol. The van der Waals surface area contributed by atoms with E-state index in [1.54, 1.807) is 0 Å². The Balaban J connectivity index is 1.93. The van der Waals surface area contributed by atoms with E-state index in [0.717, 1.165) is 36.3 Å². The number of hydrogen-bond donors (Lipinski definition) is 0. The van der Waals surface area contributed by atoms with Crippen molar-refractivity contribution in [2.45, 2.75) is 11.8 Å². The molecule has 0 bridgehead atoms. The van der Waals surface area contributed by atoms with E-state index < -0.39 is 0 Å². The third-order valence-corrected chi connectivity index (χ3v) is 3.59. The zero-order chi connectivity index (χ0) is 11.4. The van der Waals surface area contributed by atoms with Gasteiger partial charge in [-0.3, -0.25) is 0 Å². The van der Waals surface area contributed by atoms with E-state index >= 15 is 0 Å². The van der Waals surface area contributed by atoms with Crippen LogP contribution in [0.5, 0.6) is 5.75 Å². The lowest BCUT2D eigenvalue weighted by Crippen LogP contribution is -2.11. The van der Waals surface area contributed by atoms with Crippen LogP contribution < -0.4 is 4.74 Å². The third kappa shape index (κ3) is 3.12. The van der Waals surface area contributed by atoms with Crippen LogP contribution in [0.25, 0.3) is 0 Å². The van der Waals surface area contributed by atoms with E-state index in [4.69, 9.17) is 21.1 Å². The summed E-state index contributed by atoms with van der Waals surface area (Å²) in [6, 6.07) is 5.87. The van der Waals surface area contributed by atoms with Crippen molar-refractivity contribution in [1.82, 2.24) is 0 Å². The molecule has 2 rings (SSSR count). The summed E-state index contributed by atoms with van der Waals surface area (Å²) in [6.45, 7) is 2.34. The van der Waals surface area contributed by atoms with Crippen molar-refractivity contribution in [2.75, 3.05) is 19.8 Å². The molecule has 1 unspecified atom stereocenters. The van der Waals surface area contributed by atoms with Gasteiger partial charge in [0.2, 0.25) is 0 Å². The largest absolute Gasteiger partial charge is 0.492 e. The average Bonchev–Trinajstić information content (AvgIpc) is 2.80. The zero-order valence-electron chi connectivity index (χ0n) is 8.92. The molecule has 1 aliphatic heterocycles. The molecule has 1 aliphatic rings. The molecule has 0 spiro atoms. The number of halogens is 2. The van der Waals surface area contributed by atoms with Gasteiger partial charge >= 0.3 is 0 Å². The van der Waals surface area contributed by atoms with Crippen LogP contribution in [0.4, 0.5) is 0 Å². The van der Waals surface area contributed by atoms with Gasteiger partial charge in [0.15, 0.2) is 0 Å². The summed E-state index contributed by atoms with van der Waals surface area (Å²) in [5.74, 6) is 1.27. The maximum Gasteiger partial charge on any atom is 0.137 e. The van der Waals surface area contributed by atoms with Gasteiger partial charge < -0.3 is 9.47 Å². The van der Waals surface area contributed by atoms with Crippen LogP contribution in [0.1, 0.15) is 12.0 Å². The van der Waals surface area contributed by atoms with Crippen molar-refractivity contribution < 1.29 is 9.47 Å². The lowest BCUT2D eigenvalue weighted by atomic mass is 10.1. The molecule has 4 heteroatoms. The van der Waals surface area contributed by atoms with Crippen LogP contribution in [0.15, 0.2) is 18.2 Å². The molecule has 0 aliphatic carbocycles. The molecule has 16 heavy (non-hydrogen) atoms. The Kier molecular flexibility index (Phi) is 4.50. The summed E-state index contributed by atoms with van der Waals surface area (Å²) >= 11 is 9.51. The van der Waals surface area contributed by atoms with Gasteiger partial charge in [0.05, 0.1) is 18.2 Å². The van der Waals surface area contributed by atoms with Crippen molar-refractivity contribution in [3.05, 3.63) is 28.8 Å². The van der Waals surface area contributed by atoms with E-state index in [1.165, 1.54) is 0 Å². The molecule has 0 aromatic heterocycles. The van der Waals surface area contributed by atoms with Crippen LogP contribution in [-0.4, -0.2) is 19.8 Å². The Morgan fingerprint density at radius 1 is 1.50 bits per heavy atom. The molecular formula is C12H14BrClO2. The maximum atomic E-state index is 6.12. The summed E-state index contributed by atoms with van der Waals surface area (Å²) < 4.78 is 11.0. The summed E-state index contributed by atoms with van der Waals surface area (Å²) in [5, 5.41) is 1.49. The topological polar surface area (TPSA) is 18.5 Å². The molecule has 0 N–H and O–H groups in total. The molecule has 1 atom stereocenters. The molecule has 0 amide bonds. The number of alkyl halides is 1. The van der Waals surface area contributed by atoms with Crippen LogP contribution in [0.3, 0.4) is 0 Å². The van der Waals surface area contributed by atoms with Gasteiger partial charge in [-0.25, -0.2) is 0 Å². The molecule has 0 radical (unpaired) electrons.